The first-order valence-electron chi connectivity index (χ1n) is 8.03. The van der Waals surface area contributed by atoms with Gasteiger partial charge in [-0.15, -0.1) is 0 Å². The molecule has 1 aromatic carbocycles. The predicted octanol–water partition coefficient (Wildman–Crippen LogP) is 2.66. The maximum Gasteiger partial charge on any atom is 0.161 e. The minimum atomic E-state index is -0.502. The van der Waals surface area contributed by atoms with E-state index in [4.69, 9.17) is 9.47 Å². The summed E-state index contributed by atoms with van der Waals surface area (Å²) >= 11 is 0. The summed E-state index contributed by atoms with van der Waals surface area (Å²) in [6.07, 6.45) is 4.56. The van der Waals surface area contributed by atoms with Gasteiger partial charge in [0.2, 0.25) is 0 Å². The van der Waals surface area contributed by atoms with Gasteiger partial charge in [-0.1, -0.05) is 25.8 Å². The van der Waals surface area contributed by atoms with E-state index in [0.717, 1.165) is 23.0 Å². The Bertz CT molecular complexity index is 477. The van der Waals surface area contributed by atoms with Crippen molar-refractivity contribution in [3.63, 3.8) is 0 Å². The SMILES string of the molecule is CC1CCCC(NCC(O)c2ccc3c(c2)OCCO3)C1. The van der Waals surface area contributed by atoms with E-state index in [-0.39, 0.29) is 0 Å². The molecule has 4 heteroatoms. The molecule has 0 radical (unpaired) electrons. The molecule has 1 heterocycles. The van der Waals surface area contributed by atoms with E-state index in [1.165, 1.54) is 25.7 Å². The molecular weight excluding hydrogens is 266 g/mol. The van der Waals surface area contributed by atoms with E-state index < -0.39 is 6.10 Å². The number of rotatable bonds is 4. The van der Waals surface area contributed by atoms with Crippen LogP contribution in [0.5, 0.6) is 11.5 Å². The smallest absolute Gasteiger partial charge is 0.161 e. The van der Waals surface area contributed by atoms with E-state index >= 15 is 0 Å². The van der Waals surface area contributed by atoms with Crippen LogP contribution in [-0.4, -0.2) is 30.9 Å². The zero-order valence-electron chi connectivity index (χ0n) is 12.7. The highest BCUT2D eigenvalue weighted by molar-refractivity contribution is 5.44. The zero-order chi connectivity index (χ0) is 14.7. The fourth-order valence-electron chi connectivity index (χ4n) is 3.28. The van der Waals surface area contributed by atoms with Gasteiger partial charge in [-0.2, -0.15) is 0 Å². The summed E-state index contributed by atoms with van der Waals surface area (Å²) in [6.45, 7) is 4.07. The Morgan fingerprint density at radius 2 is 2.05 bits per heavy atom. The van der Waals surface area contributed by atoms with Gasteiger partial charge in [-0.05, 0) is 36.5 Å². The van der Waals surface area contributed by atoms with Gasteiger partial charge in [-0.3, -0.25) is 0 Å². The summed E-state index contributed by atoms with van der Waals surface area (Å²) in [5.41, 5.74) is 0.885. The Hall–Kier alpha value is -1.26. The van der Waals surface area contributed by atoms with Crippen molar-refractivity contribution in [1.29, 1.82) is 0 Å². The first-order chi connectivity index (χ1) is 10.2. The third kappa shape index (κ3) is 3.69. The van der Waals surface area contributed by atoms with E-state index in [9.17, 15) is 5.11 Å². The second kappa shape index (κ2) is 6.67. The molecule has 1 aliphatic carbocycles. The zero-order valence-corrected chi connectivity index (χ0v) is 12.7. The summed E-state index contributed by atoms with van der Waals surface area (Å²) in [5, 5.41) is 13.9. The van der Waals surface area contributed by atoms with E-state index in [1.54, 1.807) is 0 Å². The average Bonchev–Trinajstić information content (AvgIpc) is 2.52. The maximum atomic E-state index is 10.4. The van der Waals surface area contributed by atoms with E-state index in [0.29, 0.717) is 25.8 Å². The molecule has 3 unspecified atom stereocenters. The van der Waals surface area contributed by atoms with Crippen LogP contribution in [-0.2, 0) is 0 Å². The third-order valence-corrected chi connectivity index (χ3v) is 4.49. The van der Waals surface area contributed by atoms with Crippen molar-refractivity contribution in [2.24, 2.45) is 5.92 Å². The number of ether oxygens (including phenoxy) is 2. The molecule has 116 valence electrons. The first-order valence-corrected chi connectivity index (χ1v) is 8.03. The summed E-state index contributed by atoms with van der Waals surface area (Å²) < 4.78 is 11.1. The molecule has 0 amide bonds. The molecule has 2 aliphatic rings. The van der Waals surface area contributed by atoms with E-state index in [2.05, 4.69) is 12.2 Å². The number of aliphatic hydroxyl groups excluding tert-OH is 1. The summed E-state index contributed by atoms with van der Waals surface area (Å²) in [7, 11) is 0. The van der Waals surface area contributed by atoms with Crippen molar-refractivity contribution in [2.75, 3.05) is 19.8 Å². The van der Waals surface area contributed by atoms with Crippen molar-refractivity contribution in [3.05, 3.63) is 23.8 Å². The predicted molar refractivity (Wildman–Crippen MR) is 81.8 cm³/mol. The van der Waals surface area contributed by atoms with Crippen LogP contribution in [0.25, 0.3) is 0 Å². The van der Waals surface area contributed by atoms with Crippen LogP contribution in [0.15, 0.2) is 18.2 Å². The second-order valence-electron chi connectivity index (χ2n) is 6.30. The molecule has 1 aliphatic heterocycles. The number of hydrogen-bond donors (Lipinski definition) is 2. The number of aliphatic hydroxyl groups is 1. The van der Waals surface area contributed by atoms with Gasteiger partial charge < -0.3 is 19.9 Å². The Labute approximate surface area is 126 Å². The quantitative estimate of drug-likeness (QED) is 0.895. The molecule has 21 heavy (non-hydrogen) atoms. The summed E-state index contributed by atoms with van der Waals surface area (Å²) in [6, 6.07) is 6.24. The average molecular weight is 291 g/mol. The van der Waals surface area contributed by atoms with Crippen LogP contribution in [0.3, 0.4) is 0 Å². The van der Waals surface area contributed by atoms with Crippen molar-refractivity contribution in [2.45, 2.75) is 44.8 Å². The largest absolute Gasteiger partial charge is 0.486 e. The topological polar surface area (TPSA) is 50.7 Å². The second-order valence-corrected chi connectivity index (χ2v) is 6.30. The van der Waals surface area contributed by atoms with Crippen molar-refractivity contribution < 1.29 is 14.6 Å². The van der Waals surface area contributed by atoms with Gasteiger partial charge in [0, 0.05) is 12.6 Å². The molecule has 0 spiro atoms. The van der Waals surface area contributed by atoms with Crippen molar-refractivity contribution in [1.82, 2.24) is 5.32 Å². The summed E-state index contributed by atoms with van der Waals surface area (Å²) in [5.74, 6) is 2.30. The monoisotopic (exact) mass is 291 g/mol. The van der Waals surface area contributed by atoms with Gasteiger partial charge in [0.15, 0.2) is 11.5 Å². The van der Waals surface area contributed by atoms with Crippen molar-refractivity contribution >= 4 is 0 Å². The molecule has 3 atom stereocenters. The molecule has 2 N–H and O–H groups in total. The Morgan fingerprint density at radius 1 is 1.24 bits per heavy atom. The van der Waals surface area contributed by atoms with Crippen LogP contribution in [0, 0.1) is 5.92 Å². The molecule has 0 saturated heterocycles. The minimum Gasteiger partial charge on any atom is -0.486 e. The lowest BCUT2D eigenvalue weighted by atomic mass is 9.87. The van der Waals surface area contributed by atoms with Crippen LogP contribution < -0.4 is 14.8 Å². The standard InChI is InChI=1S/C17H25NO3/c1-12-3-2-4-14(9-12)18-11-15(19)13-5-6-16-17(10-13)21-8-7-20-16/h5-6,10,12,14-15,18-19H,2-4,7-9,11H2,1H3. The molecule has 0 aromatic heterocycles. The van der Waals surface area contributed by atoms with Gasteiger partial charge in [-0.25, -0.2) is 0 Å². The number of hydrogen-bond acceptors (Lipinski definition) is 4. The van der Waals surface area contributed by atoms with Crippen LogP contribution in [0.2, 0.25) is 0 Å². The highest BCUT2D eigenvalue weighted by Crippen LogP contribution is 2.32. The molecule has 4 nitrogen and oxygen atoms in total. The highest BCUT2D eigenvalue weighted by atomic mass is 16.6. The molecule has 1 aromatic rings. The lowest BCUT2D eigenvalue weighted by molar-refractivity contribution is 0.156. The Morgan fingerprint density at radius 3 is 2.86 bits per heavy atom. The molecule has 1 fully saturated rings. The third-order valence-electron chi connectivity index (χ3n) is 4.49. The Kier molecular flexibility index (Phi) is 4.66. The fraction of sp³-hybridized carbons (Fsp3) is 0.647. The van der Waals surface area contributed by atoms with Gasteiger partial charge in [0.1, 0.15) is 13.2 Å². The van der Waals surface area contributed by atoms with Gasteiger partial charge >= 0.3 is 0 Å². The highest BCUT2D eigenvalue weighted by Gasteiger charge is 2.20. The van der Waals surface area contributed by atoms with Crippen molar-refractivity contribution in [3.8, 4) is 11.5 Å². The minimum absolute atomic E-state index is 0.502. The fourth-order valence-corrected chi connectivity index (χ4v) is 3.28. The van der Waals surface area contributed by atoms with E-state index in [1.807, 2.05) is 18.2 Å². The van der Waals surface area contributed by atoms with Crippen LogP contribution in [0.4, 0.5) is 0 Å². The maximum absolute atomic E-state index is 10.4. The Balaban J connectivity index is 1.56. The number of nitrogens with one attached hydrogen (secondary N) is 1. The normalized spacial score (nSPS) is 26.4. The lowest BCUT2D eigenvalue weighted by Gasteiger charge is -2.28. The van der Waals surface area contributed by atoms with Gasteiger partial charge in [0.05, 0.1) is 6.10 Å². The summed E-state index contributed by atoms with van der Waals surface area (Å²) in [4.78, 5) is 0. The van der Waals surface area contributed by atoms with Crippen LogP contribution in [0.1, 0.15) is 44.3 Å². The number of fused-ring (bicyclic) bond motifs is 1. The molecular formula is C17H25NO3. The first kappa shape index (κ1) is 14.7. The molecule has 3 rings (SSSR count). The number of benzene rings is 1. The molecule has 0 bridgehead atoms. The molecule has 1 saturated carbocycles. The van der Waals surface area contributed by atoms with Crippen LogP contribution >= 0.6 is 0 Å². The van der Waals surface area contributed by atoms with Gasteiger partial charge in [0.25, 0.3) is 0 Å². The lowest BCUT2D eigenvalue weighted by Crippen LogP contribution is -2.36.